The third-order valence-electron chi connectivity index (χ3n) is 2.56. The molecule has 0 saturated carbocycles. The molecule has 0 aliphatic carbocycles. The largest absolute Gasteiger partial charge is 0.507 e. The summed E-state index contributed by atoms with van der Waals surface area (Å²) in [5, 5.41) is 20.7. The SMILES string of the molecule is CC(C)CC(N)C(=O)Nc1ccc(O)c(C(=O)O)c1. The van der Waals surface area contributed by atoms with Crippen LogP contribution in [0.1, 0.15) is 30.6 Å². The first-order chi connectivity index (χ1) is 8.81. The Bertz CT molecular complexity index is 486. The summed E-state index contributed by atoms with van der Waals surface area (Å²) >= 11 is 0. The molecule has 0 aliphatic heterocycles. The van der Waals surface area contributed by atoms with Gasteiger partial charge in [0.1, 0.15) is 11.3 Å². The fraction of sp³-hybridized carbons (Fsp3) is 0.385. The van der Waals surface area contributed by atoms with Gasteiger partial charge >= 0.3 is 5.97 Å². The van der Waals surface area contributed by atoms with Gasteiger partial charge < -0.3 is 21.3 Å². The molecule has 0 heterocycles. The van der Waals surface area contributed by atoms with Gasteiger partial charge in [-0.2, -0.15) is 0 Å². The number of carboxylic acid groups (broad SMARTS) is 1. The molecule has 1 aromatic rings. The minimum Gasteiger partial charge on any atom is -0.507 e. The number of aromatic carboxylic acids is 1. The molecule has 1 rings (SSSR count). The molecule has 6 heteroatoms. The fourth-order valence-electron chi connectivity index (χ4n) is 1.63. The smallest absolute Gasteiger partial charge is 0.339 e. The zero-order chi connectivity index (χ0) is 14.6. The predicted octanol–water partition coefficient (Wildman–Crippen LogP) is 1.40. The highest BCUT2D eigenvalue weighted by molar-refractivity contribution is 5.97. The Labute approximate surface area is 111 Å². The molecule has 104 valence electrons. The van der Waals surface area contributed by atoms with Crippen LogP contribution < -0.4 is 11.1 Å². The van der Waals surface area contributed by atoms with E-state index in [4.69, 9.17) is 10.8 Å². The maximum Gasteiger partial charge on any atom is 0.339 e. The third-order valence-corrected chi connectivity index (χ3v) is 2.56. The van der Waals surface area contributed by atoms with E-state index >= 15 is 0 Å². The third kappa shape index (κ3) is 4.26. The maximum absolute atomic E-state index is 11.8. The van der Waals surface area contributed by atoms with Gasteiger partial charge in [-0.05, 0) is 30.5 Å². The molecule has 5 N–H and O–H groups in total. The number of carboxylic acids is 1. The van der Waals surface area contributed by atoms with E-state index in [2.05, 4.69) is 5.32 Å². The Balaban J connectivity index is 2.80. The molecular formula is C13H18N2O4. The number of amides is 1. The molecule has 1 unspecified atom stereocenters. The van der Waals surface area contributed by atoms with Gasteiger partial charge in [0, 0.05) is 5.69 Å². The average Bonchev–Trinajstić information content (AvgIpc) is 2.30. The Morgan fingerprint density at radius 3 is 2.53 bits per heavy atom. The lowest BCUT2D eigenvalue weighted by Gasteiger charge is -2.14. The van der Waals surface area contributed by atoms with E-state index in [1.807, 2.05) is 13.8 Å². The Morgan fingerprint density at radius 1 is 1.37 bits per heavy atom. The molecule has 0 bridgehead atoms. The molecule has 0 radical (unpaired) electrons. The van der Waals surface area contributed by atoms with Gasteiger partial charge in [-0.15, -0.1) is 0 Å². The average molecular weight is 266 g/mol. The van der Waals surface area contributed by atoms with Crippen molar-refractivity contribution >= 4 is 17.6 Å². The lowest BCUT2D eigenvalue weighted by atomic mass is 10.0. The predicted molar refractivity (Wildman–Crippen MR) is 71.1 cm³/mol. The molecule has 6 nitrogen and oxygen atoms in total. The molecule has 1 atom stereocenters. The Hall–Kier alpha value is -2.08. The van der Waals surface area contributed by atoms with Crippen molar-refractivity contribution in [2.24, 2.45) is 11.7 Å². The van der Waals surface area contributed by atoms with Crippen molar-refractivity contribution in [3.63, 3.8) is 0 Å². The maximum atomic E-state index is 11.8. The van der Waals surface area contributed by atoms with Crippen LogP contribution in [0.4, 0.5) is 5.69 Å². The molecule has 19 heavy (non-hydrogen) atoms. The number of aromatic hydroxyl groups is 1. The van der Waals surface area contributed by atoms with Gasteiger partial charge in [0.25, 0.3) is 0 Å². The number of anilines is 1. The summed E-state index contributed by atoms with van der Waals surface area (Å²) in [7, 11) is 0. The lowest BCUT2D eigenvalue weighted by molar-refractivity contribution is -0.117. The van der Waals surface area contributed by atoms with Crippen molar-refractivity contribution in [2.75, 3.05) is 5.32 Å². The second-order valence-electron chi connectivity index (χ2n) is 4.76. The van der Waals surface area contributed by atoms with Gasteiger partial charge in [0.2, 0.25) is 5.91 Å². The van der Waals surface area contributed by atoms with Crippen molar-refractivity contribution in [1.29, 1.82) is 0 Å². The number of benzene rings is 1. The standard InChI is InChI=1S/C13H18N2O4/c1-7(2)5-10(14)12(17)15-8-3-4-11(16)9(6-8)13(18)19/h3-4,6-7,10,16H,5,14H2,1-2H3,(H,15,17)(H,18,19). The lowest BCUT2D eigenvalue weighted by Crippen LogP contribution is -2.36. The van der Waals surface area contributed by atoms with Crippen molar-refractivity contribution < 1.29 is 19.8 Å². The number of carbonyl (C=O) groups is 2. The van der Waals surface area contributed by atoms with Crippen LogP contribution in [0.5, 0.6) is 5.75 Å². The summed E-state index contributed by atoms with van der Waals surface area (Å²) in [6.45, 7) is 3.91. The number of hydrogen-bond donors (Lipinski definition) is 4. The highest BCUT2D eigenvalue weighted by atomic mass is 16.4. The quantitative estimate of drug-likeness (QED) is 0.602. The monoisotopic (exact) mass is 266 g/mol. The highest BCUT2D eigenvalue weighted by Crippen LogP contribution is 2.21. The van der Waals surface area contributed by atoms with Crippen molar-refractivity contribution in [1.82, 2.24) is 0 Å². The van der Waals surface area contributed by atoms with Crippen molar-refractivity contribution in [3.8, 4) is 5.75 Å². The molecule has 0 spiro atoms. The van der Waals surface area contributed by atoms with Crippen LogP contribution in [0, 0.1) is 5.92 Å². The first-order valence-electron chi connectivity index (χ1n) is 5.94. The number of nitrogens with one attached hydrogen (secondary N) is 1. The Morgan fingerprint density at radius 2 is 2.00 bits per heavy atom. The number of nitrogens with two attached hydrogens (primary N) is 1. The number of rotatable bonds is 5. The summed E-state index contributed by atoms with van der Waals surface area (Å²) in [4.78, 5) is 22.6. The molecule has 1 aromatic carbocycles. The second kappa shape index (κ2) is 6.19. The van der Waals surface area contributed by atoms with E-state index in [0.29, 0.717) is 12.1 Å². The number of phenols is 1. The molecule has 0 aliphatic rings. The normalized spacial score (nSPS) is 12.2. The van der Waals surface area contributed by atoms with Gasteiger partial charge in [0.15, 0.2) is 0 Å². The van der Waals surface area contributed by atoms with Gasteiger partial charge in [-0.3, -0.25) is 4.79 Å². The van der Waals surface area contributed by atoms with Crippen molar-refractivity contribution in [3.05, 3.63) is 23.8 Å². The molecule has 0 fully saturated rings. The van der Waals surface area contributed by atoms with Crippen LogP contribution >= 0.6 is 0 Å². The van der Waals surface area contributed by atoms with Crippen LogP contribution in [0.15, 0.2) is 18.2 Å². The topological polar surface area (TPSA) is 113 Å². The van der Waals surface area contributed by atoms with Crippen LogP contribution in [0.3, 0.4) is 0 Å². The summed E-state index contributed by atoms with van der Waals surface area (Å²) < 4.78 is 0. The summed E-state index contributed by atoms with van der Waals surface area (Å²) in [6, 6.07) is 3.18. The van der Waals surface area contributed by atoms with Gasteiger partial charge in [0.05, 0.1) is 6.04 Å². The highest BCUT2D eigenvalue weighted by Gasteiger charge is 2.16. The molecular weight excluding hydrogens is 248 g/mol. The summed E-state index contributed by atoms with van der Waals surface area (Å²) in [5.74, 6) is -1.71. The zero-order valence-electron chi connectivity index (χ0n) is 10.9. The van der Waals surface area contributed by atoms with Crippen LogP contribution in [0.2, 0.25) is 0 Å². The minimum atomic E-state index is -1.26. The fourth-order valence-corrected chi connectivity index (χ4v) is 1.63. The first-order valence-corrected chi connectivity index (χ1v) is 5.94. The number of carbonyl (C=O) groups excluding carboxylic acids is 1. The van der Waals surface area contributed by atoms with Crippen LogP contribution in [0.25, 0.3) is 0 Å². The van der Waals surface area contributed by atoms with Crippen LogP contribution in [-0.2, 0) is 4.79 Å². The van der Waals surface area contributed by atoms with Crippen LogP contribution in [-0.4, -0.2) is 28.1 Å². The molecule has 0 aromatic heterocycles. The summed E-state index contributed by atoms with van der Waals surface area (Å²) in [6.07, 6.45) is 0.537. The van der Waals surface area contributed by atoms with Gasteiger partial charge in [-0.1, -0.05) is 13.8 Å². The first kappa shape index (κ1) is 15.0. The Kier molecular flexibility index (Phi) is 4.88. The van der Waals surface area contributed by atoms with E-state index < -0.39 is 12.0 Å². The van der Waals surface area contributed by atoms with E-state index in [1.54, 1.807) is 0 Å². The van der Waals surface area contributed by atoms with E-state index in [9.17, 15) is 14.7 Å². The zero-order valence-corrected chi connectivity index (χ0v) is 10.9. The van der Waals surface area contributed by atoms with Crippen molar-refractivity contribution in [2.45, 2.75) is 26.3 Å². The molecule has 1 amide bonds. The minimum absolute atomic E-state index is 0.268. The van der Waals surface area contributed by atoms with Gasteiger partial charge in [-0.25, -0.2) is 4.79 Å². The second-order valence-corrected chi connectivity index (χ2v) is 4.76. The molecule has 0 saturated heterocycles. The number of hydrogen-bond acceptors (Lipinski definition) is 4. The van der Waals surface area contributed by atoms with E-state index in [0.717, 1.165) is 0 Å². The summed E-state index contributed by atoms with van der Waals surface area (Å²) in [5.41, 5.74) is 5.74. The van der Waals surface area contributed by atoms with E-state index in [-0.39, 0.29) is 23.1 Å². The van der Waals surface area contributed by atoms with E-state index in [1.165, 1.54) is 18.2 Å².